The topological polar surface area (TPSA) is 78.8 Å². The van der Waals surface area contributed by atoms with Crippen LogP contribution in [-0.2, 0) is 22.5 Å². The summed E-state index contributed by atoms with van der Waals surface area (Å²) < 4.78 is 5.34. The maximum atomic E-state index is 11.5. The SMILES string of the molecule is CCc1cccc(CNCC2(C(=O)O)CCCOC2)c1O. The number of carboxylic acid groups (broad SMARTS) is 1. The van der Waals surface area contributed by atoms with Crippen LogP contribution in [-0.4, -0.2) is 35.9 Å². The van der Waals surface area contributed by atoms with Crippen LogP contribution < -0.4 is 5.32 Å². The Bertz CT molecular complexity index is 495. The lowest BCUT2D eigenvalue weighted by Gasteiger charge is -2.33. The average molecular weight is 293 g/mol. The van der Waals surface area contributed by atoms with Crippen molar-refractivity contribution >= 4 is 5.97 Å². The number of para-hydroxylation sites is 1. The van der Waals surface area contributed by atoms with Gasteiger partial charge in [0.05, 0.1) is 6.61 Å². The molecule has 2 rings (SSSR count). The number of aryl methyl sites for hydroxylation is 1. The lowest BCUT2D eigenvalue weighted by Crippen LogP contribution is -2.46. The van der Waals surface area contributed by atoms with Gasteiger partial charge in [-0.1, -0.05) is 25.1 Å². The number of benzene rings is 1. The van der Waals surface area contributed by atoms with Crippen LogP contribution in [0.2, 0.25) is 0 Å². The molecule has 1 aliphatic rings. The van der Waals surface area contributed by atoms with Crippen LogP contribution in [0.25, 0.3) is 0 Å². The van der Waals surface area contributed by atoms with Crippen molar-refractivity contribution in [1.29, 1.82) is 0 Å². The summed E-state index contributed by atoms with van der Waals surface area (Å²) in [5, 5.41) is 22.7. The second kappa shape index (κ2) is 6.91. The predicted octanol–water partition coefficient (Wildman–Crippen LogP) is 1.93. The first kappa shape index (κ1) is 15.8. The van der Waals surface area contributed by atoms with Crippen LogP contribution in [0.5, 0.6) is 5.75 Å². The highest BCUT2D eigenvalue weighted by Gasteiger charge is 2.40. The molecule has 1 aromatic rings. The first-order valence-electron chi connectivity index (χ1n) is 7.40. The van der Waals surface area contributed by atoms with Gasteiger partial charge in [0, 0.05) is 25.3 Å². The van der Waals surface area contributed by atoms with Crippen molar-refractivity contribution in [3.8, 4) is 5.75 Å². The Balaban J connectivity index is 1.98. The first-order valence-corrected chi connectivity index (χ1v) is 7.40. The quantitative estimate of drug-likeness (QED) is 0.747. The van der Waals surface area contributed by atoms with E-state index < -0.39 is 11.4 Å². The van der Waals surface area contributed by atoms with Crippen molar-refractivity contribution in [2.75, 3.05) is 19.8 Å². The van der Waals surface area contributed by atoms with E-state index in [-0.39, 0.29) is 6.61 Å². The van der Waals surface area contributed by atoms with Crippen molar-refractivity contribution in [2.45, 2.75) is 32.7 Å². The molecule has 5 heteroatoms. The maximum absolute atomic E-state index is 11.5. The molecule has 21 heavy (non-hydrogen) atoms. The van der Waals surface area contributed by atoms with Crippen LogP contribution in [0, 0.1) is 5.41 Å². The van der Waals surface area contributed by atoms with Crippen LogP contribution in [0.3, 0.4) is 0 Å². The van der Waals surface area contributed by atoms with Gasteiger partial charge >= 0.3 is 5.97 Å². The van der Waals surface area contributed by atoms with Gasteiger partial charge < -0.3 is 20.3 Å². The van der Waals surface area contributed by atoms with E-state index in [1.165, 1.54) is 0 Å². The third kappa shape index (κ3) is 3.54. The molecule has 0 bridgehead atoms. The summed E-state index contributed by atoms with van der Waals surface area (Å²) in [6, 6.07) is 5.66. The number of aromatic hydroxyl groups is 1. The van der Waals surface area contributed by atoms with E-state index in [0.29, 0.717) is 31.9 Å². The molecule has 5 nitrogen and oxygen atoms in total. The Labute approximate surface area is 124 Å². The number of nitrogens with one attached hydrogen (secondary N) is 1. The lowest BCUT2D eigenvalue weighted by atomic mass is 9.82. The molecular formula is C16H23NO4. The van der Waals surface area contributed by atoms with E-state index >= 15 is 0 Å². The Morgan fingerprint density at radius 3 is 2.81 bits per heavy atom. The minimum Gasteiger partial charge on any atom is -0.507 e. The zero-order valence-corrected chi connectivity index (χ0v) is 12.4. The predicted molar refractivity (Wildman–Crippen MR) is 79.3 cm³/mol. The Morgan fingerprint density at radius 2 is 2.19 bits per heavy atom. The van der Waals surface area contributed by atoms with Gasteiger partial charge in [-0.05, 0) is 24.8 Å². The summed E-state index contributed by atoms with van der Waals surface area (Å²) in [7, 11) is 0. The number of hydrogen-bond acceptors (Lipinski definition) is 4. The fourth-order valence-corrected chi connectivity index (χ4v) is 2.74. The second-order valence-electron chi connectivity index (χ2n) is 5.62. The molecule has 0 radical (unpaired) electrons. The fraction of sp³-hybridized carbons (Fsp3) is 0.562. The third-order valence-corrected chi connectivity index (χ3v) is 4.14. The molecule has 3 N–H and O–H groups in total. The summed E-state index contributed by atoms with van der Waals surface area (Å²) >= 11 is 0. The molecule has 0 amide bonds. The van der Waals surface area contributed by atoms with Gasteiger partial charge in [0.25, 0.3) is 0 Å². The molecule has 1 heterocycles. The van der Waals surface area contributed by atoms with Crippen molar-refractivity contribution in [2.24, 2.45) is 5.41 Å². The molecule has 0 spiro atoms. The molecule has 1 atom stereocenters. The largest absolute Gasteiger partial charge is 0.507 e. The zero-order valence-electron chi connectivity index (χ0n) is 12.4. The average Bonchev–Trinajstić information content (AvgIpc) is 2.50. The minimum atomic E-state index is -0.851. The highest BCUT2D eigenvalue weighted by molar-refractivity contribution is 5.75. The van der Waals surface area contributed by atoms with Crippen LogP contribution >= 0.6 is 0 Å². The molecule has 0 aliphatic carbocycles. The number of carboxylic acids is 1. The normalized spacial score (nSPS) is 22.1. The van der Waals surface area contributed by atoms with Crippen molar-refractivity contribution in [1.82, 2.24) is 5.32 Å². The number of phenolic OH excluding ortho intramolecular Hbond substituents is 1. The Morgan fingerprint density at radius 1 is 1.43 bits per heavy atom. The number of phenols is 1. The van der Waals surface area contributed by atoms with Gasteiger partial charge in [-0.3, -0.25) is 4.79 Å². The molecule has 1 fully saturated rings. The van der Waals surface area contributed by atoms with Crippen molar-refractivity contribution in [3.63, 3.8) is 0 Å². The smallest absolute Gasteiger partial charge is 0.313 e. The van der Waals surface area contributed by atoms with E-state index in [9.17, 15) is 15.0 Å². The molecule has 1 saturated heterocycles. The summed E-state index contributed by atoms with van der Waals surface area (Å²) in [4.78, 5) is 11.5. The van der Waals surface area contributed by atoms with Gasteiger partial charge in [0.2, 0.25) is 0 Å². The minimum absolute atomic E-state index is 0.246. The van der Waals surface area contributed by atoms with Gasteiger partial charge in [0.15, 0.2) is 0 Å². The summed E-state index contributed by atoms with van der Waals surface area (Å²) in [5.41, 5.74) is 0.853. The van der Waals surface area contributed by atoms with E-state index in [0.717, 1.165) is 24.0 Å². The van der Waals surface area contributed by atoms with Crippen LogP contribution in [0.4, 0.5) is 0 Å². The van der Waals surface area contributed by atoms with E-state index in [1.807, 2.05) is 25.1 Å². The molecular weight excluding hydrogens is 270 g/mol. The molecule has 116 valence electrons. The number of aliphatic carboxylic acids is 1. The van der Waals surface area contributed by atoms with E-state index in [2.05, 4.69) is 5.32 Å². The van der Waals surface area contributed by atoms with Gasteiger partial charge in [-0.15, -0.1) is 0 Å². The van der Waals surface area contributed by atoms with Crippen LogP contribution in [0.15, 0.2) is 18.2 Å². The molecule has 0 aromatic heterocycles. The monoisotopic (exact) mass is 293 g/mol. The number of rotatable bonds is 6. The summed E-state index contributed by atoms with van der Waals surface area (Å²) in [6.07, 6.45) is 2.16. The fourth-order valence-electron chi connectivity index (χ4n) is 2.74. The molecule has 0 saturated carbocycles. The van der Waals surface area contributed by atoms with Crippen molar-refractivity contribution in [3.05, 3.63) is 29.3 Å². The van der Waals surface area contributed by atoms with Crippen LogP contribution in [0.1, 0.15) is 30.9 Å². The highest BCUT2D eigenvalue weighted by Crippen LogP contribution is 2.29. The lowest BCUT2D eigenvalue weighted by molar-refractivity contribution is -0.156. The van der Waals surface area contributed by atoms with Gasteiger partial charge in [0.1, 0.15) is 11.2 Å². The number of ether oxygens (including phenoxy) is 1. The zero-order chi connectivity index (χ0) is 15.3. The van der Waals surface area contributed by atoms with Gasteiger partial charge in [-0.25, -0.2) is 0 Å². The maximum Gasteiger partial charge on any atom is 0.313 e. The third-order valence-electron chi connectivity index (χ3n) is 4.14. The highest BCUT2D eigenvalue weighted by atomic mass is 16.5. The second-order valence-corrected chi connectivity index (χ2v) is 5.62. The summed E-state index contributed by atoms with van der Waals surface area (Å²) in [5.74, 6) is -0.516. The number of carbonyl (C=O) groups is 1. The molecule has 1 aliphatic heterocycles. The Kier molecular flexibility index (Phi) is 5.20. The van der Waals surface area contributed by atoms with Crippen molar-refractivity contribution < 1.29 is 19.7 Å². The molecule has 1 aromatic carbocycles. The summed E-state index contributed by atoms with van der Waals surface area (Å²) in [6.45, 7) is 3.67. The first-order chi connectivity index (χ1) is 10.1. The Hall–Kier alpha value is -1.59. The van der Waals surface area contributed by atoms with E-state index in [4.69, 9.17) is 4.74 Å². The number of hydrogen-bond donors (Lipinski definition) is 3. The van der Waals surface area contributed by atoms with E-state index in [1.54, 1.807) is 0 Å². The molecule has 1 unspecified atom stereocenters. The standard InChI is InChI=1S/C16H23NO4/c1-2-12-5-3-6-13(14(12)18)9-17-10-16(15(19)20)7-4-8-21-11-16/h3,5-6,17-18H,2,4,7-11H2,1H3,(H,19,20). The van der Waals surface area contributed by atoms with Gasteiger partial charge in [-0.2, -0.15) is 0 Å².